The molecule has 0 aliphatic heterocycles. The first-order chi connectivity index (χ1) is 15.8. The van der Waals surface area contributed by atoms with Crippen LogP contribution in [0.4, 0.5) is 0 Å². The highest BCUT2D eigenvalue weighted by Gasteiger charge is 2.24. The van der Waals surface area contributed by atoms with Gasteiger partial charge in [-0.3, -0.25) is 9.59 Å². The lowest BCUT2D eigenvalue weighted by molar-refractivity contribution is -0.123. The fourth-order valence-corrected chi connectivity index (χ4v) is 3.67. The lowest BCUT2D eigenvalue weighted by atomic mass is 10.0. The van der Waals surface area contributed by atoms with Gasteiger partial charge in [-0.15, -0.1) is 0 Å². The topological polar surface area (TPSA) is 89.0 Å². The Balaban J connectivity index is 2.06. The summed E-state index contributed by atoms with van der Waals surface area (Å²) in [4.78, 5) is 25.2. The number of hydrogen-bond acceptors (Lipinski definition) is 5. The van der Waals surface area contributed by atoms with Gasteiger partial charge in [-0.1, -0.05) is 44.9 Å². The maximum Gasteiger partial charge on any atom is 0.262 e. The van der Waals surface area contributed by atoms with Crippen molar-refractivity contribution in [3.05, 3.63) is 57.0 Å². The zero-order valence-electron chi connectivity index (χ0n) is 19.2. The molecule has 0 spiro atoms. The summed E-state index contributed by atoms with van der Waals surface area (Å²) in [7, 11) is 1.56. The van der Waals surface area contributed by atoms with Gasteiger partial charge in [-0.05, 0) is 64.2 Å². The number of methoxy groups -OCH3 is 1. The number of ether oxygens (including phenoxy) is 2. The van der Waals surface area contributed by atoms with Gasteiger partial charge in [-0.2, -0.15) is 5.10 Å². The SMILES string of the molecule is CCCCOc1c(Br)cc(C=NNC(=O)C(NC(=O)c2cccc(Cl)c2)C(C)C)cc1OC. The van der Waals surface area contributed by atoms with Crippen LogP contribution in [0.15, 0.2) is 46.0 Å². The number of halogens is 2. The van der Waals surface area contributed by atoms with E-state index in [2.05, 4.69) is 38.7 Å². The Labute approximate surface area is 208 Å². The standard InChI is InChI=1S/C24H29BrClN3O4/c1-5-6-10-33-22-19(25)11-16(12-20(22)32-4)14-27-29-24(31)21(15(2)3)28-23(30)17-8-7-9-18(26)13-17/h7-9,11-15,21H,5-6,10H2,1-4H3,(H,28,30)(H,29,31). The summed E-state index contributed by atoms with van der Waals surface area (Å²) >= 11 is 9.45. The van der Waals surface area contributed by atoms with E-state index in [1.54, 1.807) is 37.4 Å². The Morgan fingerprint density at radius 2 is 2.00 bits per heavy atom. The third-order valence-electron chi connectivity index (χ3n) is 4.71. The number of benzene rings is 2. The molecule has 2 aromatic carbocycles. The molecular formula is C24H29BrClN3O4. The van der Waals surface area contributed by atoms with E-state index in [1.165, 1.54) is 6.21 Å². The molecule has 7 nitrogen and oxygen atoms in total. The third kappa shape index (κ3) is 8.05. The molecule has 0 fully saturated rings. The van der Waals surface area contributed by atoms with Crippen molar-refractivity contribution in [2.24, 2.45) is 11.0 Å². The average molecular weight is 539 g/mol. The number of unbranched alkanes of at least 4 members (excludes halogenated alkanes) is 1. The molecule has 2 N–H and O–H groups in total. The highest BCUT2D eigenvalue weighted by atomic mass is 79.9. The van der Waals surface area contributed by atoms with Crippen molar-refractivity contribution in [3.63, 3.8) is 0 Å². The zero-order chi connectivity index (χ0) is 24.4. The number of hydrogen-bond donors (Lipinski definition) is 2. The molecule has 0 aliphatic carbocycles. The molecule has 33 heavy (non-hydrogen) atoms. The minimum atomic E-state index is -0.774. The van der Waals surface area contributed by atoms with E-state index in [4.69, 9.17) is 21.1 Å². The first-order valence-corrected chi connectivity index (χ1v) is 11.8. The number of carbonyl (C=O) groups excluding carboxylic acids is 2. The number of amides is 2. The Kier molecular flexibility index (Phi) is 10.7. The Hall–Kier alpha value is -2.58. The molecule has 0 radical (unpaired) electrons. The van der Waals surface area contributed by atoms with E-state index in [-0.39, 0.29) is 11.8 Å². The molecule has 0 heterocycles. The second-order valence-electron chi connectivity index (χ2n) is 7.68. The van der Waals surface area contributed by atoms with Crippen molar-refractivity contribution in [1.82, 2.24) is 10.7 Å². The van der Waals surface area contributed by atoms with Crippen LogP contribution in [0.5, 0.6) is 11.5 Å². The maximum atomic E-state index is 12.7. The van der Waals surface area contributed by atoms with Crippen LogP contribution in [0, 0.1) is 5.92 Å². The Bertz CT molecular complexity index is 998. The second-order valence-corrected chi connectivity index (χ2v) is 8.97. The number of nitrogens with zero attached hydrogens (tertiary/aromatic N) is 1. The second kappa shape index (κ2) is 13.2. The highest BCUT2D eigenvalue weighted by Crippen LogP contribution is 2.36. The van der Waals surface area contributed by atoms with E-state index in [1.807, 2.05) is 19.9 Å². The molecule has 178 valence electrons. The molecule has 0 aliphatic rings. The van der Waals surface area contributed by atoms with E-state index < -0.39 is 11.9 Å². The van der Waals surface area contributed by atoms with Crippen LogP contribution in [-0.2, 0) is 4.79 Å². The monoisotopic (exact) mass is 537 g/mol. The number of nitrogens with one attached hydrogen (secondary N) is 2. The van der Waals surface area contributed by atoms with Gasteiger partial charge in [0.25, 0.3) is 11.8 Å². The van der Waals surface area contributed by atoms with Crippen LogP contribution in [0.2, 0.25) is 5.02 Å². The van der Waals surface area contributed by atoms with Crippen molar-refractivity contribution in [2.45, 2.75) is 39.7 Å². The summed E-state index contributed by atoms with van der Waals surface area (Å²) in [5, 5.41) is 7.23. The van der Waals surface area contributed by atoms with E-state index in [9.17, 15) is 9.59 Å². The summed E-state index contributed by atoms with van der Waals surface area (Å²) in [5.41, 5.74) is 3.57. The van der Waals surface area contributed by atoms with Gasteiger partial charge in [0.05, 0.1) is 24.4 Å². The number of hydrazone groups is 1. The van der Waals surface area contributed by atoms with Gasteiger partial charge < -0.3 is 14.8 Å². The van der Waals surface area contributed by atoms with Crippen molar-refractivity contribution >= 4 is 45.6 Å². The number of carbonyl (C=O) groups is 2. The first kappa shape index (κ1) is 26.7. The Morgan fingerprint density at radius 1 is 1.24 bits per heavy atom. The van der Waals surface area contributed by atoms with Crippen molar-refractivity contribution in [3.8, 4) is 11.5 Å². The van der Waals surface area contributed by atoms with Crippen molar-refractivity contribution in [2.75, 3.05) is 13.7 Å². The van der Waals surface area contributed by atoms with Crippen LogP contribution in [0.3, 0.4) is 0 Å². The van der Waals surface area contributed by atoms with E-state index in [0.717, 1.165) is 17.3 Å². The molecule has 2 amide bonds. The summed E-state index contributed by atoms with van der Waals surface area (Å²) in [6, 6.07) is 9.35. The van der Waals surface area contributed by atoms with Crippen LogP contribution in [0.25, 0.3) is 0 Å². The minimum absolute atomic E-state index is 0.155. The molecule has 2 aromatic rings. The zero-order valence-corrected chi connectivity index (χ0v) is 21.5. The average Bonchev–Trinajstić information content (AvgIpc) is 2.78. The van der Waals surface area contributed by atoms with Gasteiger partial charge in [-0.25, -0.2) is 5.43 Å². The molecule has 0 saturated carbocycles. The smallest absolute Gasteiger partial charge is 0.262 e. The summed E-state index contributed by atoms with van der Waals surface area (Å²) in [5.74, 6) is 0.208. The molecule has 1 unspecified atom stereocenters. The largest absolute Gasteiger partial charge is 0.493 e. The Morgan fingerprint density at radius 3 is 2.64 bits per heavy atom. The third-order valence-corrected chi connectivity index (χ3v) is 5.53. The van der Waals surface area contributed by atoms with Gasteiger partial charge in [0, 0.05) is 10.6 Å². The maximum absolute atomic E-state index is 12.7. The van der Waals surface area contributed by atoms with E-state index >= 15 is 0 Å². The molecule has 9 heteroatoms. The molecular weight excluding hydrogens is 510 g/mol. The van der Waals surface area contributed by atoms with Crippen molar-refractivity contribution < 1.29 is 19.1 Å². The molecule has 2 rings (SSSR count). The summed E-state index contributed by atoms with van der Waals surface area (Å²) in [6.45, 7) is 6.36. The van der Waals surface area contributed by atoms with Gasteiger partial charge >= 0.3 is 0 Å². The highest BCUT2D eigenvalue weighted by molar-refractivity contribution is 9.10. The molecule has 1 atom stereocenters. The van der Waals surface area contributed by atoms with E-state index in [0.29, 0.717) is 34.3 Å². The van der Waals surface area contributed by atoms with Crippen molar-refractivity contribution in [1.29, 1.82) is 0 Å². The van der Waals surface area contributed by atoms with Gasteiger partial charge in [0.2, 0.25) is 0 Å². The molecule has 0 aromatic heterocycles. The fourth-order valence-electron chi connectivity index (χ4n) is 2.90. The molecule has 0 saturated heterocycles. The molecule has 0 bridgehead atoms. The lowest BCUT2D eigenvalue weighted by Crippen LogP contribution is -2.48. The van der Waals surface area contributed by atoms with Gasteiger partial charge in [0.15, 0.2) is 11.5 Å². The van der Waals surface area contributed by atoms with Crippen LogP contribution in [-0.4, -0.2) is 37.8 Å². The number of rotatable bonds is 11. The summed E-state index contributed by atoms with van der Waals surface area (Å²) < 4.78 is 12.0. The fraction of sp³-hybridized carbons (Fsp3) is 0.375. The first-order valence-electron chi connectivity index (χ1n) is 10.7. The minimum Gasteiger partial charge on any atom is -0.493 e. The predicted molar refractivity (Wildman–Crippen MR) is 134 cm³/mol. The van der Waals surface area contributed by atoms with Crippen LogP contribution >= 0.6 is 27.5 Å². The summed E-state index contributed by atoms with van der Waals surface area (Å²) in [6.07, 6.45) is 3.47. The van der Waals surface area contributed by atoms with Crippen LogP contribution in [0.1, 0.15) is 49.5 Å². The predicted octanol–water partition coefficient (Wildman–Crippen LogP) is 5.19. The normalized spacial score (nSPS) is 12.0. The lowest BCUT2D eigenvalue weighted by Gasteiger charge is -2.20. The quantitative estimate of drug-likeness (QED) is 0.234. The van der Waals surface area contributed by atoms with Crippen LogP contribution < -0.4 is 20.2 Å². The van der Waals surface area contributed by atoms with Gasteiger partial charge in [0.1, 0.15) is 6.04 Å².